The fourth-order valence-corrected chi connectivity index (χ4v) is 3.58. The minimum Gasteiger partial charge on any atom is -0.363 e. The van der Waals surface area contributed by atoms with Crippen LogP contribution in [0.3, 0.4) is 0 Å². The number of hydrogen-bond donors (Lipinski definition) is 1. The summed E-state index contributed by atoms with van der Waals surface area (Å²) >= 11 is 0. The van der Waals surface area contributed by atoms with Gasteiger partial charge in [-0.25, -0.2) is 0 Å². The van der Waals surface area contributed by atoms with Gasteiger partial charge in [0.1, 0.15) is 5.69 Å². The van der Waals surface area contributed by atoms with Gasteiger partial charge >= 0.3 is 0 Å². The Balaban J connectivity index is 1.62. The zero-order valence-corrected chi connectivity index (χ0v) is 16.8. The number of hydrogen-bond acceptors (Lipinski definition) is 7. The van der Waals surface area contributed by atoms with E-state index >= 15 is 0 Å². The first-order valence-corrected chi connectivity index (χ1v) is 9.52. The van der Waals surface area contributed by atoms with Crippen molar-refractivity contribution in [2.45, 2.75) is 13.8 Å². The maximum absolute atomic E-state index is 12.5. The minimum atomic E-state index is -0.649. The van der Waals surface area contributed by atoms with Gasteiger partial charge in [-0.3, -0.25) is 29.9 Å². The van der Waals surface area contributed by atoms with E-state index in [9.17, 15) is 25.0 Å². The van der Waals surface area contributed by atoms with Crippen molar-refractivity contribution in [1.82, 2.24) is 4.90 Å². The molecule has 1 fully saturated rings. The first-order chi connectivity index (χ1) is 14.3. The lowest BCUT2D eigenvalue weighted by Gasteiger charge is -2.35. The number of nitrogens with one attached hydrogen (secondary N) is 1. The summed E-state index contributed by atoms with van der Waals surface area (Å²) in [6, 6.07) is 9.50. The summed E-state index contributed by atoms with van der Waals surface area (Å²) in [7, 11) is 0. The average molecular weight is 413 g/mol. The second-order valence-electron chi connectivity index (χ2n) is 7.27. The van der Waals surface area contributed by atoms with E-state index in [0.717, 1.165) is 22.9 Å². The molecule has 0 radical (unpaired) electrons. The molecule has 158 valence electrons. The molecule has 0 bridgehead atoms. The second-order valence-corrected chi connectivity index (χ2v) is 7.27. The summed E-state index contributed by atoms with van der Waals surface area (Å²) in [6.45, 7) is 6.17. The average Bonchev–Trinajstić information content (AvgIpc) is 2.71. The first kappa shape index (κ1) is 21.2. The Morgan fingerprint density at radius 2 is 1.63 bits per heavy atom. The summed E-state index contributed by atoms with van der Waals surface area (Å²) < 4.78 is 0. The number of para-hydroxylation sites is 1. The SMILES string of the molecule is Cc1cccc(C)c1NC(=O)CN1CCN(c2ccc([N+](=O)[O-])cc2[N+](=O)[O-])CC1. The van der Waals surface area contributed by atoms with Crippen LogP contribution in [-0.2, 0) is 4.79 Å². The number of nitrogens with zero attached hydrogens (tertiary/aromatic N) is 4. The first-order valence-electron chi connectivity index (χ1n) is 9.52. The normalized spacial score (nSPS) is 14.4. The molecule has 2 aromatic rings. The van der Waals surface area contributed by atoms with E-state index in [1.165, 1.54) is 12.1 Å². The van der Waals surface area contributed by atoms with Crippen molar-refractivity contribution in [3.63, 3.8) is 0 Å². The summed E-state index contributed by atoms with van der Waals surface area (Å²) in [4.78, 5) is 37.3. The maximum Gasteiger partial charge on any atom is 0.299 e. The molecule has 30 heavy (non-hydrogen) atoms. The highest BCUT2D eigenvalue weighted by molar-refractivity contribution is 5.93. The monoisotopic (exact) mass is 413 g/mol. The van der Waals surface area contributed by atoms with Gasteiger partial charge in [0.25, 0.3) is 11.4 Å². The Bertz CT molecular complexity index is 965. The third kappa shape index (κ3) is 4.71. The van der Waals surface area contributed by atoms with Gasteiger partial charge in [-0.2, -0.15) is 0 Å². The highest BCUT2D eigenvalue weighted by atomic mass is 16.6. The molecule has 1 heterocycles. The van der Waals surface area contributed by atoms with Crippen molar-refractivity contribution in [2.24, 2.45) is 0 Å². The molecule has 0 aliphatic carbocycles. The van der Waals surface area contributed by atoms with Crippen molar-refractivity contribution in [1.29, 1.82) is 0 Å². The van der Waals surface area contributed by atoms with Crippen molar-refractivity contribution in [2.75, 3.05) is 42.9 Å². The van der Waals surface area contributed by atoms with Crippen LogP contribution in [0.5, 0.6) is 0 Å². The van der Waals surface area contributed by atoms with Gasteiger partial charge in [-0.05, 0) is 31.0 Å². The molecule has 0 saturated carbocycles. The lowest BCUT2D eigenvalue weighted by Crippen LogP contribution is -2.48. The van der Waals surface area contributed by atoms with E-state index in [1.54, 1.807) is 0 Å². The van der Waals surface area contributed by atoms with E-state index < -0.39 is 9.85 Å². The fourth-order valence-electron chi connectivity index (χ4n) is 3.58. The smallest absolute Gasteiger partial charge is 0.299 e. The van der Waals surface area contributed by atoms with Crippen LogP contribution >= 0.6 is 0 Å². The molecule has 10 heteroatoms. The van der Waals surface area contributed by atoms with E-state index in [2.05, 4.69) is 5.32 Å². The quantitative estimate of drug-likeness (QED) is 0.571. The molecular weight excluding hydrogens is 390 g/mol. The van der Waals surface area contributed by atoms with Crippen LogP contribution in [0.15, 0.2) is 36.4 Å². The molecule has 2 aromatic carbocycles. The fraction of sp³-hybridized carbons (Fsp3) is 0.350. The number of nitro groups is 2. The van der Waals surface area contributed by atoms with E-state index in [0.29, 0.717) is 31.9 Å². The van der Waals surface area contributed by atoms with E-state index in [4.69, 9.17) is 0 Å². The molecule has 1 amide bonds. The number of nitro benzene ring substituents is 2. The number of anilines is 2. The van der Waals surface area contributed by atoms with E-state index in [1.807, 2.05) is 41.8 Å². The molecule has 0 spiro atoms. The maximum atomic E-state index is 12.5. The highest BCUT2D eigenvalue weighted by Gasteiger charge is 2.27. The Kier molecular flexibility index (Phi) is 6.26. The zero-order valence-electron chi connectivity index (χ0n) is 16.8. The third-order valence-electron chi connectivity index (χ3n) is 5.19. The summed E-state index contributed by atoms with van der Waals surface area (Å²) in [5, 5.41) is 25.2. The predicted molar refractivity (Wildman–Crippen MR) is 113 cm³/mol. The molecule has 1 N–H and O–H groups in total. The number of amides is 1. The second kappa shape index (κ2) is 8.87. The largest absolute Gasteiger partial charge is 0.363 e. The van der Waals surface area contributed by atoms with Crippen molar-refractivity contribution in [3.8, 4) is 0 Å². The minimum absolute atomic E-state index is 0.109. The molecular formula is C20H23N5O5. The summed E-state index contributed by atoms with van der Waals surface area (Å²) in [5.41, 5.74) is 2.57. The molecule has 1 aliphatic rings. The van der Waals surface area contributed by atoms with Crippen molar-refractivity contribution in [3.05, 3.63) is 67.8 Å². The molecule has 0 atom stereocenters. The standard InChI is InChI=1S/C20H23N5O5/c1-14-4-3-5-15(2)20(14)21-19(26)13-22-8-10-23(11-9-22)17-7-6-16(24(27)28)12-18(17)25(29)30/h3-7,12H,8-11,13H2,1-2H3,(H,21,26). The topological polar surface area (TPSA) is 122 Å². The lowest BCUT2D eigenvalue weighted by atomic mass is 10.1. The van der Waals surface area contributed by atoms with Crippen LogP contribution < -0.4 is 10.2 Å². The van der Waals surface area contributed by atoms with Gasteiger partial charge in [0, 0.05) is 37.9 Å². The lowest BCUT2D eigenvalue weighted by molar-refractivity contribution is -0.393. The molecule has 10 nitrogen and oxygen atoms in total. The van der Waals surface area contributed by atoms with Crippen LogP contribution in [0, 0.1) is 34.1 Å². The number of carbonyl (C=O) groups excluding carboxylic acids is 1. The van der Waals surface area contributed by atoms with Crippen molar-refractivity contribution >= 4 is 28.7 Å². The number of piperazine rings is 1. The number of carbonyl (C=O) groups is 1. The number of benzene rings is 2. The van der Waals surface area contributed by atoms with Crippen LogP contribution in [0.2, 0.25) is 0 Å². The van der Waals surface area contributed by atoms with Gasteiger partial charge in [0.15, 0.2) is 0 Å². The van der Waals surface area contributed by atoms with Crippen LogP contribution in [-0.4, -0.2) is 53.4 Å². The van der Waals surface area contributed by atoms with Crippen LogP contribution in [0.4, 0.5) is 22.7 Å². The van der Waals surface area contributed by atoms with Gasteiger partial charge in [0.2, 0.25) is 5.91 Å². The van der Waals surface area contributed by atoms with Gasteiger partial charge in [-0.1, -0.05) is 18.2 Å². The summed E-state index contributed by atoms with van der Waals surface area (Å²) in [6.07, 6.45) is 0. The van der Waals surface area contributed by atoms with E-state index in [-0.39, 0.29) is 23.8 Å². The number of non-ortho nitro benzene ring substituents is 1. The van der Waals surface area contributed by atoms with Gasteiger partial charge < -0.3 is 10.2 Å². The van der Waals surface area contributed by atoms with Crippen LogP contribution in [0.1, 0.15) is 11.1 Å². The molecule has 0 unspecified atom stereocenters. The van der Waals surface area contributed by atoms with Crippen LogP contribution in [0.25, 0.3) is 0 Å². The number of rotatable bonds is 6. The Morgan fingerprint density at radius 3 is 2.20 bits per heavy atom. The predicted octanol–water partition coefficient (Wildman–Crippen LogP) is 2.88. The summed E-state index contributed by atoms with van der Waals surface area (Å²) in [5.74, 6) is -0.109. The Labute approximate surface area is 173 Å². The Morgan fingerprint density at radius 1 is 1.00 bits per heavy atom. The van der Waals surface area contributed by atoms with Gasteiger partial charge in [-0.15, -0.1) is 0 Å². The molecule has 0 aromatic heterocycles. The molecule has 1 aliphatic heterocycles. The third-order valence-corrected chi connectivity index (χ3v) is 5.19. The number of aryl methyl sites for hydroxylation is 2. The highest BCUT2D eigenvalue weighted by Crippen LogP contribution is 2.32. The Hall–Kier alpha value is -3.53. The molecule has 3 rings (SSSR count). The molecule has 1 saturated heterocycles. The van der Waals surface area contributed by atoms with Gasteiger partial charge in [0.05, 0.1) is 22.5 Å². The zero-order chi connectivity index (χ0) is 21.8. The van der Waals surface area contributed by atoms with Crippen molar-refractivity contribution < 1.29 is 14.6 Å².